The van der Waals surface area contributed by atoms with Crippen LogP contribution in [0.15, 0.2) is 0 Å². The highest BCUT2D eigenvalue weighted by atomic mass is 33.1. The van der Waals surface area contributed by atoms with Crippen LogP contribution in [0.4, 0.5) is 0 Å². The average molecular weight is 294 g/mol. The van der Waals surface area contributed by atoms with Gasteiger partial charge in [-0.25, -0.2) is 0 Å². The van der Waals surface area contributed by atoms with Crippen molar-refractivity contribution in [3.05, 3.63) is 0 Å². The van der Waals surface area contributed by atoms with Gasteiger partial charge in [-0.2, -0.15) is 0 Å². The van der Waals surface area contributed by atoms with Crippen molar-refractivity contribution in [3.8, 4) is 0 Å². The van der Waals surface area contributed by atoms with E-state index in [-0.39, 0.29) is 11.9 Å². The molecule has 0 radical (unpaired) electrons. The highest BCUT2D eigenvalue weighted by Crippen LogP contribution is 2.22. The summed E-state index contributed by atoms with van der Waals surface area (Å²) >= 11 is 0. The van der Waals surface area contributed by atoms with Gasteiger partial charge in [0, 0.05) is 11.5 Å². The summed E-state index contributed by atoms with van der Waals surface area (Å²) < 4.78 is 9.89. The number of carbonyl (C=O) groups excluding carboxylic acids is 2. The van der Waals surface area contributed by atoms with Gasteiger partial charge in [-0.3, -0.25) is 9.59 Å². The summed E-state index contributed by atoms with van der Waals surface area (Å²) in [7, 11) is 3.18. The molecule has 4 nitrogen and oxygen atoms in total. The maximum absolute atomic E-state index is 11.1. The Hall–Kier alpha value is -0.360. The summed E-state index contributed by atoms with van der Waals surface area (Å²) in [5, 5.41) is 0. The molecule has 18 heavy (non-hydrogen) atoms. The van der Waals surface area contributed by atoms with E-state index in [4.69, 9.17) is 9.47 Å². The van der Waals surface area contributed by atoms with Crippen LogP contribution in [0.25, 0.3) is 0 Å². The smallest absolute Gasteiger partial charge is 0.306 e. The van der Waals surface area contributed by atoms with Crippen molar-refractivity contribution in [1.82, 2.24) is 0 Å². The molecule has 0 atom stereocenters. The fourth-order valence-electron chi connectivity index (χ4n) is 0.944. The monoisotopic (exact) mass is 294 g/mol. The SMILES string of the molecule is CCCOC(=O)CCSSCCC(=O)OCCC. The number of rotatable bonds is 11. The predicted octanol–water partition coefficient (Wildman–Crippen LogP) is 3.05. The summed E-state index contributed by atoms with van der Waals surface area (Å²) in [6.07, 6.45) is 2.57. The van der Waals surface area contributed by atoms with Crippen LogP contribution in [0.2, 0.25) is 0 Å². The number of esters is 2. The summed E-state index contributed by atoms with van der Waals surface area (Å²) in [6.45, 7) is 4.94. The summed E-state index contributed by atoms with van der Waals surface area (Å²) in [6, 6.07) is 0. The van der Waals surface area contributed by atoms with E-state index in [0.717, 1.165) is 24.3 Å². The first kappa shape index (κ1) is 17.6. The quantitative estimate of drug-likeness (QED) is 0.332. The van der Waals surface area contributed by atoms with E-state index < -0.39 is 0 Å². The Morgan fingerprint density at radius 1 is 0.833 bits per heavy atom. The van der Waals surface area contributed by atoms with Gasteiger partial charge >= 0.3 is 11.9 Å². The van der Waals surface area contributed by atoms with Crippen molar-refractivity contribution in [2.45, 2.75) is 39.5 Å². The second-order valence-electron chi connectivity index (χ2n) is 3.58. The van der Waals surface area contributed by atoms with Crippen LogP contribution in [0.1, 0.15) is 39.5 Å². The molecule has 0 aliphatic rings. The molecule has 0 spiro atoms. The van der Waals surface area contributed by atoms with Crippen molar-refractivity contribution in [1.29, 1.82) is 0 Å². The molecule has 0 saturated carbocycles. The highest BCUT2D eigenvalue weighted by Gasteiger charge is 2.04. The maximum Gasteiger partial charge on any atom is 0.306 e. The van der Waals surface area contributed by atoms with Gasteiger partial charge in [0.25, 0.3) is 0 Å². The Bertz CT molecular complexity index is 210. The molecule has 0 amide bonds. The van der Waals surface area contributed by atoms with Crippen LogP contribution >= 0.6 is 21.6 Å². The zero-order chi connectivity index (χ0) is 13.6. The van der Waals surface area contributed by atoms with Crippen molar-refractivity contribution < 1.29 is 19.1 Å². The molecule has 0 N–H and O–H groups in total. The molecule has 0 aromatic carbocycles. The Balaban J connectivity index is 3.25. The van der Waals surface area contributed by atoms with Gasteiger partial charge in [0.2, 0.25) is 0 Å². The molecule has 6 heteroatoms. The lowest BCUT2D eigenvalue weighted by molar-refractivity contribution is -0.144. The van der Waals surface area contributed by atoms with Gasteiger partial charge < -0.3 is 9.47 Å². The minimum absolute atomic E-state index is 0.146. The van der Waals surface area contributed by atoms with Crippen molar-refractivity contribution in [2.24, 2.45) is 0 Å². The first-order chi connectivity index (χ1) is 8.70. The third-order valence-electron chi connectivity index (χ3n) is 1.80. The first-order valence-corrected chi connectivity index (χ1v) is 8.75. The van der Waals surface area contributed by atoms with Crippen LogP contribution in [0, 0.1) is 0 Å². The Labute approximate surface area is 117 Å². The molecule has 0 unspecified atom stereocenters. The van der Waals surface area contributed by atoms with Gasteiger partial charge in [0.15, 0.2) is 0 Å². The van der Waals surface area contributed by atoms with Crippen molar-refractivity contribution >= 4 is 33.5 Å². The molecule has 0 aromatic heterocycles. The number of hydrogen-bond acceptors (Lipinski definition) is 6. The van der Waals surface area contributed by atoms with Gasteiger partial charge in [-0.05, 0) is 12.8 Å². The van der Waals surface area contributed by atoms with E-state index in [9.17, 15) is 9.59 Å². The minimum Gasteiger partial charge on any atom is -0.466 e. The Kier molecular flexibility index (Phi) is 12.8. The molecule has 0 bridgehead atoms. The molecule has 0 fully saturated rings. The van der Waals surface area contributed by atoms with E-state index in [2.05, 4.69) is 0 Å². The molecule has 0 rings (SSSR count). The van der Waals surface area contributed by atoms with Gasteiger partial charge in [0.1, 0.15) is 0 Å². The van der Waals surface area contributed by atoms with E-state index in [1.165, 1.54) is 0 Å². The van der Waals surface area contributed by atoms with E-state index in [1.54, 1.807) is 21.6 Å². The molecular formula is C12H22O4S2. The zero-order valence-corrected chi connectivity index (χ0v) is 12.7. The van der Waals surface area contributed by atoms with E-state index in [1.807, 2.05) is 13.8 Å². The Morgan fingerprint density at radius 2 is 1.22 bits per heavy atom. The number of hydrogen-bond donors (Lipinski definition) is 0. The third-order valence-corrected chi connectivity index (χ3v) is 4.20. The lowest BCUT2D eigenvalue weighted by Gasteiger charge is -2.03. The number of carbonyl (C=O) groups is 2. The lowest BCUT2D eigenvalue weighted by atomic mass is 10.5. The highest BCUT2D eigenvalue weighted by molar-refractivity contribution is 8.76. The number of ether oxygens (including phenoxy) is 2. The second kappa shape index (κ2) is 13.1. The van der Waals surface area contributed by atoms with Gasteiger partial charge in [-0.1, -0.05) is 35.4 Å². The zero-order valence-electron chi connectivity index (χ0n) is 11.1. The largest absolute Gasteiger partial charge is 0.466 e. The summed E-state index contributed by atoms with van der Waals surface area (Å²) in [4.78, 5) is 22.3. The second-order valence-corrected chi connectivity index (χ2v) is 6.29. The van der Waals surface area contributed by atoms with Crippen LogP contribution in [-0.4, -0.2) is 36.7 Å². The van der Waals surface area contributed by atoms with E-state index in [0.29, 0.717) is 26.1 Å². The molecule has 0 saturated heterocycles. The van der Waals surface area contributed by atoms with Gasteiger partial charge in [0.05, 0.1) is 26.1 Å². The topological polar surface area (TPSA) is 52.6 Å². The normalized spacial score (nSPS) is 10.1. The molecule has 0 aliphatic heterocycles. The van der Waals surface area contributed by atoms with Gasteiger partial charge in [-0.15, -0.1) is 0 Å². The van der Waals surface area contributed by atoms with Crippen LogP contribution < -0.4 is 0 Å². The van der Waals surface area contributed by atoms with Crippen LogP contribution in [-0.2, 0) is 19.1 Å². The van der Waals surface area contributed by atoms with Crippen LogP contribution in [0.3, 0.4) is 0 Å². The fraction of sp³-hybridized carbons (Fsp3) is 0.833. The first-order valence-electron chi connectivity index (χ1n) is 6.26. The Morgan fingerprint density at radius 3 is 1.56 bits per heavy atom. The predicted molar refractivity (Wildman–Crippen MR) is 76.7 cm³/mol. The average Bonchev–Trinajstić information content (AvgIpc) is 2.37. The molecule has 0 aliphatic carbocycles. The molecular weight excluding hydrogens is 272 g/mol. The lowest BCUT2D eigenvalue weighted by Crippen LogP contribution is -2.06. The van der Waals surface area contributed by atoms with Crippen molar-refractivity contribution in [2.75, 3.05) is 24.7 Å². The van der Waals surface area contributed by atoms with Crippen LogP contribution in [0.5, 0.6) is 0 Å². The molecule has 106 valence electrons. The standard InChI is InChI=1S/C12H22O4S2/c1-3-7-15-11(13)5-9-17-18-10-6-12(14)16-8-4-2/h3-10H2,1-2H3. The van der Waals surface area contributed by atoms with E-state index >= 15 is 0 Å². The maximum atomic E-state index is 11.1. The summed E-state index contributed by atoms with van der Waals surface area (Å²) in [5.41, 5.74) is 0. The minimum atomic E-state index is -0.146. The molecule has 0 heterocycles. The fourth-order valence-corrected chi connectivity index (χ4v) is 2.89. The molecule has 0 aromatic rings. The third kappa shape index (κ3) is 12.1. The summed E-state index contributed by atoms with van der Waals surface area (Å²) in [5.74, 6) is 1.15. The van der Waals surface area contributed by atoms with Crippen molar-refractivity contribution in [3.63, 3.8) is 0 Å².